The number of rotatable bonds is 2. The van der Waals surface area contributed by atoms with Gasteiger partial charge in [0.15, 0.2) is 0 Å². The quantitative estimate of drug-likeness (QED) is 0.869. The fraction of sp³-hybridized carbons (Fsp3) is 0.364. The molecule has 0 aliphatic heterocycles. The largest absolute Gasteiger partial charge is 0.320 e. The average molecular weight is 236 g/mol. The van der Waals surface area contributed by atoms with E-state index < -0.39 is 0 Å². The lowest BCUT2D eigenvalue weighted by atomic mass is 9.76. The highest BCUT2D eigenvalue weighted by Gasteiger charge is 2.36. The first-order chi connectivity index (χ1) is 7.28. The van der Waals surface area contributed by atoms with Crippen LogP contribution in [0.5, 0.6) is 0 Å². The first-order valence-corrected chi connectivity index (χ1v) is 6.88. The predicted octanol–water partition coefficient (Wildman–Crippen LogP) is 3.21. The molecule has 0 amide bonds. The van der Waals surface area contributed by atoms with Crippen molar-refractivity contribution in [3.63, 3.8) is 0 Å². The monoisotopic (exact) mass is 236 g/mol. The highest BCUT2D eigenvalue weighted by molar-refractivity contribution is 7.14. The van der Waals surface area contributed by atoms with Crippen LogP contribution in [-0.4, -0.2) is 4.98 Å². The lowest BCUT2D eigenvalue weighted by Gasteiger charge is -2.36. The number of thiophene rings is 1. The molecule has 2 nitrogen and oxygen atoms in total. The molecular weight excluding hydrogens is 224 g/mol. The van der Waals surface area contributed by atoms with Gasteiger partial charge in [-0.1, -0.05) is 0 Å². The first kappa shape index (κ1) is 9.51. The molecule has 1 saturated carbocycles. The molecule has 1 aliphatic rings. The van der Waals surface area contributed by atoms with Crippen LogP contribution in [0.3, 0.4) is 0 Å². The normalized spacial score (nSPS) is 18.7. The van der Waals surface area contributed by atoms with Crippen LogP contribution in [0.25, 0.3) is 10.6 Å². The molecule has 2 aromatic heterocycles. The Bertz CT molecular complexity index is 455. The van der Waals surface area contributed by atoms with Crippen LogP contribution in [0.15, 0.2) is 22.2 Å². The molecule has 0 atom stereocenters. The van der Waals surface area contributed by atoms with E-state index in [9.17, 15) is 0 Å². The minimum absolute atomic E-state index is 0.120. The third kappa shape index (κ3) is 1.53. The molecule has 2 heterocycles. The Morgan fingerprint density at radius 1 is 1.33 bits per heavy atom. The van der Waals surface area contributed by atoms with E-state index in [-0.39, 0.29) is 5.54 Å². The molecule has 0 unspecified atom stereocenters. The Hall–Kier alpha value is -0.710. The van der Waals surface area contributed by atoms with Gasteiger partial charge in [-0.2, -0.15) is 11.3 Å². The predicted molar refractivity (Wildman–Crippen MR) is 65.1 cm³/mol. The van der Waals surface area contributed by atoms with E-state index in [0.717, 1.165) is 23.5 Å². The lowest BCUT2D eigenvalue weighted by Crippen LogP contribution is -2.43. The number of thiazole rings is 1. The van der Waals surface area contributed by atoms with Gasteiger partial charge in [0, 0.05) is 16.3 Å². The number of aromatic nitrogens is 1. The van der Waals surface area contributed by atoms with Crippen molar-refractivity contribution in [2.75, 3.05) is 0 Å². The lowest BCUT2D eigenvalue weighted by molar-refractivity contribution is 0.247. The molecule has 2 aromatic rings. The summed E-state index contributed by atoms with van der Waals surface area (Å²) in [6.45, 7) is 0. The van der Waals surface area contributed by atoms with Crippen molar-refractivity contribution >= 4 is 22.7 Å². The van der Waals surface area contributed by atoms with Crippen LogP contribution >= 0.6 is 22.7 Å². The molecule has 0 radical (unpaired) electrons. The van der Waals surface area contributed by atoms with Crippen molar-refractivity contribution < 1.29 is 0 Å². The van der Waals surface area contributed by atoms with Gasteiger partial charge in [-0.25, -0.2) is 4.98 Å². The van der Waals surface area contributed by atoms with Gasteiger partial charge in [0.05, 0.1) is 11.2 Å². The maximum absolute atomic E-state index is 6.24. The zero-order valence-electron chi connectivity index (χ0n) is 8.27. The van der Waals surface area contributed by atoms with Crippen LogP contribution in [-0.2, 0) is 5.54 Å². The highest BCUT2D eigenvalue weighted by Crippen LogP contribution is 2.40. The van der Waals surface area contributed by atoms with E-state index >= 15 is 0 Å². The Morgan fingerprint density at radius 2 is 2.20 bits per heavy atom. The maximum atomic E-state index is 6.24. The summed E-state index contributed by atoms with van der Waals surface area (Å²) in [4.78, 5) is 4.65. The van der Waals surface area contributed by atoms with E-state index in [2.05, 4.69) is 27.2 Å². The van der Waals surface area contributed by atoms with Crippen molar-refractivity contribution in [3.05, 3.63) is 27.9 Å². The molecule has 0 spiro atoms. The fourth-order valence-electron chi connectivity index (χ4n) is 1.83. The first-order valence-electron chi connectivity index (χ1n) is 5.05. The van der Waals surface area contributed by atoms with E-state index in [1.807, 2.05) is 0 Å². The maximum Gasteiger partial charge on any atom is 0.124 e. The van der Waals surface area contributed by atoms with Gasteiger partial charge in [-0.05, 0) is 30.7 Å². The number of nitrogens with two attached hydrogens (primary N) is 1. The Morgan fingerprint density at radius 3 is 2.80 bits per heavy atom. The van der Waals surface area contributed by atoms with Gasteiger partial charge in [0.2, 0.25) is 0 Å². The summed E-state index contributed by atoms with van der Waals surface area (Å²) in [5.41, 5.74) is 8.42. The number of hydrogen-bond donors (Lipinski definition) is 1. The smallest absolute Gasteiger partial charge is 0.124 e. The SMILES string of the molecule is NC1(c2csc(-c3ccsc3)n2)CCC1. The zero-order chi connectivity index (χ0) is 10.3. The van der Waals surface area contributed by atoms with Crippen LogP contribution in [0.4, 0.5) is 0 Å². The van der Waals surface area contributed by atoms with Crippen LogP contribution < -0.4 is 5.73 Å². The third-order valence-electron chi connectivity index (χ3n) is 3.03. The van der Waals surface area contributed by atoms with Gasteiger partial charge in [0.25, 0.3) is 0 Å². The van der Waals surface area contributed by atoms with E-state index in [1.54, 1.807) is 22.7 Å². The van der Waals surface area contributed by atoms with E-state index in [4.69, 9.17) is 5.73 Å². The molecule has 2 N–H and O–H groups in total. The van der Waals surface area contributed by atoms with Gasteiger partial charge in [0.1, 0.15) is 5.01 Å². The molecule has 4 heteroatoms. The minimum Gasteiger partial charge on any atom is -0.320 e. The van der Waals surface area contributed by atoms with Crippen molar-refractivity contribution in [1.29, 1.82) is 0 Å². The second-order valence-corrected chi connectivity index (χ2v) is 5.70. The highest BCUT2D eigenvalue weighted by atomic mass is 32.1. The number of hydrogen-bond acceptors (Lipinski definition) is 4. The van der Waals surface area contributed by atoms with Crippen molar-refractivity contribution in [1.82, 2.24) is 4.98 Å². The molecule has 0 saturated heterocycles. The Labute approximate surface area is 96.8 Å². The molecule has 3 rings (SSSR count). The number of nitrogens with zero attached hydrogens (tertiary/aromatic N) is 1. The standard InChI is InChI=1S/C11H12N2S2/c12-11(3-1-4-11)9-7-15-10(13-9)8-2-5-14-6-8/h2,5-7H,1,3-4,12H2. The summed E-state index contributed by atoms with van der Waals surface area (Å²) >= 11 is 3.41. The summed E-state index contributed by atoms with van der Waals surface area (Å²) in [6, 6.07) is 2.11. The summed E-state index contributed by atoms with van der Waals surface area (Å²) in [7, 11) is 0. The second-order valence-electron chi connectivity index (χ2n) is 4.06. The van der Waals surface area contributed by atoms with Crippen LogP contribution in [0.2, 0.25) is 0 Å². The molecular formula is C11H12N2S2. The molecule has 78 valence electrons. The molecule has 1 fully saturated rings. The molecule has 0 aromatic carbocycles. The molecule has 15 heavy (non-hydrogen) atoms. The fourth-order valence-corrected chi connectivity index (χ4v) is 3.47. The second kappa shape index (κ2) is 3.40. The minimum atomic E-state index is -0.120. The van der Waals surface area contributed by atoms with Crippen LogP contribution in [0, 0.1) is 0 Å². The average Bonchev–Trinajstić information content (AvgIpc) is 2.84. The van der Waals surface area contributed by atoms with Crippen molar-refractivity contribution in [2.24, 2.45) is 5.73 Å². The van der Waals surface area contributed by atoms with E-state index in [0.29, 0.717) is 0 Å². The summed E-state index contributed by atoms with van der Waals surface area (Å²) in [5.74, 6) is 0. The van der Waals surface area contributed by atoms with Gasteiger partial charge < -0.3 is 5.73 Å². The van der Waals surface area contributed by atoms with Gasteiger partial charge in [-0.3, -0.25) is 0 Å². The summed E-state index contributed by atoms with van der Waals surface area (Å²) < 4.78 is 0. The summed E-state index contributed by atoms with van der Waals surface area (Å²) in [6.07, 6.45) is 3.40. The third-order valence-corrected chi connectivity index (χ3v) is 4.60. The zero-order valence-corrected chi connectivity index (χ0v) is 9.90. The van der Waals surface area contributed by atoms with Crippen molar-refractivity contribution in [2.45, 2.75) is 24.8 Å². The molecule has 1 aliphatic carbocycles. The summed E-state index contributed by atoms with van der Waals surface area (Å²) in [5, 5.41) is 7.43. The van der Waals surface area contributed by atoms with Crippen molar-refractivity contribution in [3.8, 4) is 10.6 Å². The van der Waals surface area contributed by atoms with Crippen LogP contribution in [0.1, 0.15) is 25.0 Å². The Kier molecular flexibility index (Phi) is 2.16. The Balaban J connectivity index is 1.94. The molecule has 0 bridgehead atoms. The van der Waals surface area contributed by atoms with Gasteiger partial charge in [-0.15, -0.1) is 11.3 Å². The van der Waals surface area contributed by atoms with E-state index in [1.165, 1.54) is 12.0 Å². The van der Waals surface area contributed by atoms with Gasteiger partial charge >= 0.3 is 0 Å². The topological polar surface area (TPSA) is 38.9 Å².